The van der Waals surface area contributed by atoms with Crippen molar-refractivity contribution in [2.24, 2.45) is 0 Å². The van der Waals surface area contributed by atoms with Crippen LogP contribution in [0, 0.1) is 0 Å². The van der Waals surface area contributed by atoms with Crippen molar-refractivity contribution in [3.63, 3.8) is 0 Å². The number of ether oxygens (including phenoxy) is 3. The number of hydrogen-bond acceptors (Lipinski definition) is 5. The van der Waals surface area contributed by atoms with Gasteiger partial charge in [0.2, 0.25) is 0 Å². The molecule has 0 heterocycles. The van der Waals surface area contributed by atoms with Crippen molar-refractivity contribution in [1.29, 1.82) is 0 Å². The monoisotopic (exact) mass is 300 g/mol. The summed E-state index contributed by atoms with van der Waals surface area (Å²) in [5.74, 6) is -0.354. The van der Waals surface area contributed by atoms with Gasteiger partial charge in [-0.25, -0.2) is 0 Å². The minimum atomic E-state index is -0.177. The van der Waals surface area contributed by atoms with Crippen LogP contribution in [0.15, 0.2) is 25.7 Å². The van der Waals surface area contributed by atoms with E-state index in [0.29, 0.717) is 38.9 Å². The van der Waals surface area contributed by atoms with Gasteiger partial charge in [0.15, 0.2) is 0 Å². The van der Waals surface area contributed by atoms with Gasteiger partial charge in [-0.05, 0) is 25.7 Å². The van der Waals surface area contributed by atoms with Gasteiger partial charge < -0.3 is 14.2 Å². The zero-order valence-electron chi connectivity index (χ0n) is 13.3. The predicted octanol–water partition coefficient (Wildman–Crippen LogP) is 3.74. The lowest BCUT2D eigenvalue weighted by molar-refractivity contribution is -0.145. The van der Waals surface area contributed by atoms with Crippen molar-refractivity contribution in [1.82, 2.24) is 0 Å². The first kappa shape index (κ1) is 21.5. The third-order valence-electron chi connectivity index (χ3n) is 2.14. The molecule has 0 radical (unpaired) electrons. The number of unbranched alkanes of at least 4 members (excludes halogenated alkanes) is 1. The number of hydrogen-bond donors (Lipinski definition) is 0. The molecule has 0 saturated heterocycles. The normalized spacial score (nSPS) is 8.86. The van der Waals surface area contributed by atoms with Gasteiger partial charge in [0.05, 0.1) is 25.7 Å². The summed E-state index contributed by atoms with van der Waals surface area (Å²) < 4.78 is 14.2. The highest BCUT2D eigenvalue weighted by Gasteiger charge is 2.05. The number of esters is 2. The molecule has 21 heavy (non-hydrogen) atoms. The molecule has 0 rings (SSSR count). The molecular weight excluding hydrogens is 272 g/mol. The van der Waals surface area contributed by atoms with Crippen molar-refractivity contribution in [3.8, 4) is 0 Å². The highest BCUT2D eigenvalue weighted by atomic mass is 16.5. The molecule has 0 atom stereocenters. The van der Waals surface area contributed by atoms with Gasteiger partial charge in [0.1, 0.15) is 0 Å². The first-order chi connectivity index (χ1) is 10.1. The zero-order valence-corrected chi connectivity index (χ0v) is 13.3. The Kier molecular flexibility index (Phi) is 18.7. The van der Waals surface area contributed by atoms with Crippen LogP contribution in [-0.2, 0) is 23.8 Å². The molecule has 5 heteroatoms. The fourth-order valence-electron chi connectivity index (χ4n) is 1.18. The topological polar surface area (TPSA) is 61.8 Å². The molecule has 0 aliphatic carbocycles. The molecule has 0 saturated carbocycles. The Hall–Kier alpha value is -1.78. The Bertz CT molecular complexity index is 258. The highest BCUT2D eigenvalue weighted by Crippen LogP contribution is 2.03. The summed E-state index contributed by atoms with van der Waals surface area (Å²) in [5, 5.41) is 0. The number of rotatable bonds is 11. The van der Waals surface area contributed by atoms with Gasteiger partial charge in [-0.3, -0.25) is 9.59 Å². The second-order valence-electron chi connectivity index (χ2n) is 4.12. The van der Waals surface area contributed by atoms with E-state index in [0.717, 1.165) is 12.8 Å². The lowest BCUT2D eigenvalue weighted by Gasteiger charge is -2.03. The predicted molar refractivity (Wildman–Crippen MR) is 82.4 cm³/mol. The van der Waals surface area contributed by atoms with E-state index in [1.807, 2.05) is 13.8 Å². The van der Waals surface area contributed by atoms with E-state index in [1.54, 1.807) is 0 Å². The van der Waals surface area contributed by atoms with Gasteiger partial charge in [0.25, 0.3) is 0 Å². The van der Waals surface area contributed by atoms with Crippen molar-refractivity contribution in [2.45, 2.75) is 52.4 Å². The second-order valence-corrected chi connectivity index (χ2v) is 4.12. The van der Waals surface area contributed by atoms with E-state index in [2.05, 4.69) is 17.9 Å². The van der Waals surface area contributed by atoms with Crippen LogP contribution in [0.25, 0.3) is 0 Å². The van der Waals surface area contributed by atoms with Gasteiger partial charge in [-0.15, -0.1) is 0 Å². The molecule has 0 aromatic heterocycles. The molecule has 122 valence electrons. The summed E-state index contributed by atoms with van der Waals surface area (Å²) in [6.07, 6.45) is 6.46. The van der Waals surface area contributed by atoms with Crippen LogP contribution in [0.5, 0.6) is 0 Å². The molecule has 5 nitrogen and oxygen atoms in total. The summed E-state index contributed by atoms with van der Waals surface area (Å²) in [4.78, 5) is 22.2. The molecule has 0 bridgehead atoms. The Morgan fingerprint density at radius 2 is 1.24 bits per heavy atom. The summed E-state index contributed by atoms with van der Waals surface area (Å²) in [5.41, 5.74) is 0. The van der Waals surface area contributed by atoms with Crippen molar-refractivity contribution >= 4 is 11.9 Å². The van der Waals surface area contributed by atoms with Crippen LogP contribution >= 0.6 is 0 Å². The maximum atomic E-state index is 11.1. The molecule has 0 aliphatic heterocycles. The van der Waals surface area contributed by atoms with E-state index in [-0.39, 0.29) is 11.9 Å². The summed E-state index contributed by atoms with van der Waals surface area (Å²) in [6, 6.07) is 0. The fraction of sp³-hybridized carbons (Fsp3) is 0.625. The van der Waals surface area contributed by atoms with E-state index in [4.69, 9.17) is 9.47 Å². The Morgan fingerprint density at radius 3 is 1.48 bits per heavy atom. The van der Waals surface area contributed by atoms with Crippen molar-refractivity contribution in [2.75, 3.05) is 13.2 Å². The largest absolute Gasteiger partial charge is 0.474 e. The second kappa shape index (κ2) is 18.2. The van der Waals surface area contributed by atoms with Gasteiger partial charge in [0, 0.05) is 12.8 Å². The SMILES string of the molecule is C=COC=C.CCCOC(=O)CCCCC(=O)OCCC. The summed E-state index contributed by atoms with van der Waals surface area (Å²) in [7, 11) is 0. The Balaban J connectivity index is 0. The minimum Gasteiger partial charge on any atom is -0.474 e. The van der Waals surface area contributed by atoms with Crippen LogP contribution in [0.2, 0.25) is 0 Å². The van der Waals surface area contributed by atoms with Crippen LogP contribution in [0.1, 0.15) is 52.4 Å². The molecule has 0 aromatic carbocycles. The van der Waals surface area contributed by atoms with Crippen LogP contribution in [-0.4, -0.2) is 25.2 Å². The molecule has 0 fully saturated rings. The Labute approximate surface area is 128 Å². The van der Waals surface area contributed by atoms with E-state index >= 15 is 0 Å². The summed E-state index contributed by atoms with van der Waals surface area (Å²) >= 11 is 0. The molecule has 0 unspecified atom stereocenters. The third-order valence-corrected chi connectivity index (χ3v) is 2.14. The first-order valence-electron chi connectivity index (χ1n) is 7.30. The average molecular weight is 300 g/mol. The molecule has 0 aromatic rings. The zero-order chi connectivity index (χ0) is 16.3. The average Bonchev–Trinajstić information content (AvgIpc) is 2.49. The lowest BCUT2D eigenvalue weighted by Crippen LogP contribution is -2.07. The van der Waals surface area contributed by atoms with Crippen LogP contribution in [0.4, 0.5) is 0 Å². The standard InChI is InChI=1S/C12H22O4.C4H6O/c1-3-9-15-11(13)7-5-6-8-12(14)16-10-4-2;1-3-5-4-2/h3-10H2,1-2H3;3-4H,1-2H2. The Morgan fingerprint density at radius 1 is 0.857 bits per heavy atom. The maximum Gasteiger partial charge on any atom is 0.305 e. The van der Waals surface area contributed by atoms with E-state index in [9.17, 15) is 9.59 Å². The number of carbonyl (C=O) groups excluding carboxylic acids is 2. The van der Waals surface area contributed by atoms with Crippen molar-refractivity contribution in [3.05, 3.63) is 25.7 Å². The van der Waals surface area contributed by atoms with Crippen LogP contribution in [0.3, 0.4) is 0 Å². The highest BCUT2D eigenvalue weighted by molar-refractivity contribution is 5.70. The molecule has 0 N–H and O–H groups in total. The van der Waals surface area contributed by atoms with Crippen molar-refractivity contribution < 1.29 is 23.8 Å². The van der Waals surface area contributed by atoms with Gasteiger partial charge in [-0.2, -0.15) is 0 Å². The van der Waals surface area contributed by atoms with Gasteiger partial charge in [-0.1, -0.05) is 27.0 Å². The van der Waals surface area contributed by atoms with E-state index in [1.165, 1.54) is 12.5 Å². The third kappa shape index (κ3) is 20.7. The fourth-order valence-corrected chi connectivity index (χ4v) is 1.18. The smallest absolute Gasteiger partial charge is 0.305 e. The van der Waals surface area contributed by atoms with Gasteiger partial charge >= 0.3 is 11.9 Å². The number of carbonyl (C=O) groups is 2. The molecule has 0 aliphatic rings. The summed E-state index contributed by atoms with van der Waals surface area (Å²) in [6.45, 7) is 11.4. The maximum absolute atomic E-state index is 11.1. The lowest BCUT2D eigenvalue weighted by atomic mass is 10.2. The minimum absolute atomic E-state index is 0.177. The molecule has 0 amide bonds. The van der Waals surface area contributed by atoms with E-state index < -0.39 is 0 Å². The molecular formula is C16H28O5. The molecule has 0 spiro atoms. The first-order valence-corrected chi connectivity index (χ1v) is 7.30. The quantitative estimate of drug-likeness (QED) is 0.330. The van der Waals surface area contributed by atoms with Crippen LogP contribution < -0.4 is 0 Å².